The molecule has 2 aromatic rings. The van der Waals surface area contributed by atoms with E-state index in [1.807, 2.05) is 24.3 Å². The van der Waals surface area contributed by atoms with Gasteiger partial charge in [-0.2, -0.15) is 0 Å². The fourth-order valence-corrected chi connectivity index (χ4v) is 4.16. The largest absolute Gasteiger partial charge is 0.479 e. The number of carbonyl (C=O) groups excluding carboxylic acids is 1. The molecule has 6 heteroatoms. The smallest absolute Gasteiger partial charge is 0.330 e. The van der Waals surface area contributed by atoms with Crippen molar-refractivity contribution in [3.05, 3.63) is 58.8 Å². The molecule has 0 saturated heterocycles. The first-order chi connectivity index (χ1) is 12.1. The standard InChI is InChI=1S/C19H15N3O3/c23-17(24)14-4-3-10-6-11-8-19(9-12(11)7-15(10)21-14)13-2-1-5-20-16(13)22-18(19)25/h1-7,14,21H,8-9H2,(H,23,24)(H,20,22,25). The average molecular weight is 333 g/mol. The zero-order valence-corrected chi connectivity index (χ0v) is 13.2. The summed E-state index contributed by atoms with van der Waals surface area (Å²) in [4.78, 5) is 28.2. The predicted octanol–water partition coefficient (Wildman–Crippen LogP) is 1.96. The van der Waals surface area contributed by atoms with Crippen LogP contribution in [0.1, 0.15) is 22.3 Å². The molecule has 2 aliphatic heterocycles. The Labute approximate surface area is 143 Å². The summed E-state index contributed by atoms with van der Waals surface area (Å²) in [6.07, 6.45) is 6.39. The van der Waals surface area contributed by atoms with Gasteiger partial charge in [-0.3, -0.25) is 4.79 Å². The number of carboxylic acid groups (broad SMARTS) is 1. The third-order valence-electron chi connectivity index (χ3n) is 5.39. The molecule has 0 radical (unpaired) electrons. The number of aromatic nitrogens is 1. The molecule has 2 atom stereocenters. The number of hydrogen-bond donors (Lipinski definition) is 3. The molecule has 1 aliphatic carbocycles. The second-order valence-corrected chi connectivity index (χ2v) is 6.82. The number of nitrogens with zero attached hydrogens (tertiary/aromatic N) is 1. The number of fused-ring (bicyclic) bond motifs is 4. The molecule has 5 rings (SSSR count). The lowest BCUT2D eigenvalue weighted by Gasteiger charge is -2.20. The van der Waals surface area contributed by atoms with E-state index >= 15 is 0 Å². The van der Waals surface area contributed by atoms with Crippen LogP contribution < -0.4 is 10.6 Å². The first-order valence-electron chi connectivity index (χ1n) is 8.17. The van der Waals surface area contributed by atoms with E-state index in [4.69, 9.17) is 0 Å². The molecule has 1 aromatic carbocycles. The Morgan fingerprint density at radius 2 is 2.08 bits per heavy atom. The van der Waals surface area contributed by atoms with E-state index in [0.717, 1.165) is 27.9 Å². The fraction of sp³-hybridized carbons (Fsp3) is 0.211. The van der Waals surface area contributed by atoms with Crippen LogP contribution >= 0.6 is 0 Å². The Hall–Kier alpha value is -3.15. The van der Waals surface area contributed by atoms with Crippen molar-refractivity contribution in [1.82, 2.24) is 4.98 Å². The molecule has 124 valence electrons. The highest BCUT2D eigenvalue weighted by Gasteiger charge is 2.51. The Balaban J connectivity index is 1.57. The van der Waals surface area contributed by atoms with Crippen LogP contribution in [0.2, 0.25) is 0 Å². The highest BCUT2D eigenvalue weighted by molar-refractivity contribution is 6.06. The molecule has 0 bridgehead atoms. The van der Waals surface area contributed by atoms with Gasteiger partial charge < -0.3 is 15.7 Å². The number of pyridine rings is 1. The van der Waals surface area contributed by atoms with Crippen LogP contribution in [0.15, 0.2) is 36.5 Å². The molecule has 3 N–H and O–H groups in total. The van der Waals surface area contributed by atoms with Gasteiger partial charge in [-0.05, 0) is 47.7 Å². The number of carboxylic acids is 1. The van der Waals surface area contributed by atoms with Gasteiger partial charge in [0.2, 0.25) is 5.91 Å². The SMILES string of the molecule is O=C(O)C1C=Cc2cc3c(cc2N1)CC1(C3)C(=O)Nc2ncccc21. The van der Waals surface area contributed by atoms with Crippen molar-refractivity contribution in [3.63, 3.8) is 0 Å². The van der Waals surface area contributed by atoms with Crippen LogP contribution in [0, 0.1) is 0 Å². The monoisotopic (exact) mass is 333 g/mol. The van der Waals surface area contributed by atoms with Gasteiger partial charge in [-0.1, -0.05) is 18.2 Å². The molecular weight excluding hydrogens is 318 g/mol. The van der Waals surface area contributed by atoms with Crippen LogP contribution in [0.25, 0.3) is 6.08 Å². The first kappa shape index (κ1) is 14.2. The minimum Gasteiger partial charge on any atom is -0.479 e. The zero-order chi connectivity index (χ0) is 17.2. The van der Waals surface area contributed by atoms with Crippen LogP contribution in [-0.2, 0) is 27.8 Å². The second kappa shape index (κ2) is 4.69. The van der Waals surface area contributed by atoms with Crippen molar-refractivity contribution < 1.29 is 14.7 Å². The van der Waals surface area contributed by atoms with Crippen molar-refractivity contribution in [3.8, 4) is 0 Å². The van der Waals surface area contributed by atoms with Crippen molar-refractivity contribution in [1.29, 1.82) is 0 Å². The minimum atomic E-state index is -0.908. The molecule has 1 spiro atoms. The Bertz CT molecular complexity index is 982. The minimum absolute atomic E-state index is 0.0118. The normalized spacial score (nSPS) is 25.1. The lowest BCUT2D eigenvalue weighted by Crippen LogP contribution is -2.35. The summed E-state index contributed by atoms with van der Waals surface area (Å²) in [5.74, 6) is -0.273. The maximum atomic E-state index is 12.7. The van der Waals surface area contributed by atoms with Gasteiger partial charge in [0.25, 0.3) is 0 Å². The van der Waals surface area contributed by atoms with E-state index in [1.54, 1.807) is 12.3 Å². The van der Waals surface area contributed by atoms with Crippen LogP contribution in [0.5, 0.6) is 0 Å². The molecule has 2 unspecified atom stereocenters. The van der Waals surface area contributed by atoms with E-state index in [9.17, 15) is 14.7 Å². The van der Waals surface area contributed by atoms with Crippen LogP contribution in [-0.4, -0.2) is 28.0 Å². The summed E-state index contributed by atoms with van der Waals surface area (Å²) in [6.45, 7) is 0. The van der Waals surface area contributed by atoms with Gasteiger partial charge in [0, 0.05) is 17.4 Å². The van der Waals surface area contributed by atoms with Gasteiger partial charge in [0.1, 0.15) is 11.9 Å². The number of benzene rings is 1. The van der Waals surface area contributed by atoms with E-state index < -0.39 is 17.4 Å². The maximum absolute atomic E-state index is 12.7. The lowest BCUT2D eigenvalue weighted by molar-refractivity contribution is -0.136. The van der Waals surface area contributed by atoms with Gasteiger partial charge in [-0.15, -0.1) is 0 Å². The number of anilines is 2. The molecule has 1 aromatic heterocycles. The number of hydrogen-bond acceptors (Lipinski definition) is 4. The lowest BCUT2D eigenvalue weighted by atomic mass is 9.79. The number of nitrogens with one attached hydrogen (secondary N) is 2. The number of aliphatic carboxylic acids is 1. The van der Waals surface area contributed by atoms with E-state index in [2.05, 4.69) is 21.7 Å². The maximum Gasteiger partial charge on any atom is 0.330 e. The summed E-state index contributed by atoms with van der Waals surface area (Å²) >= 11 is 0. The van der Waals surface area contributed by atoms with Crippen LogP contribution in [0.3, 0.4) is 0 Å². The van der Waals surface area contributed by atoms with Gasteiger partial charge in [-0.25, -0.2) is 9.78 Å². The van der Waals surface area contributed by atoms with Gasteiger partial charge in [0.15, 0.2) is 0 Å². The molecule has 0 fully saturated rings. The summed E-state index contributed by atoms with van der Waals surface area (Å²) < 4.78 is 0. The molecule has 25 heavy (non-hydrogen) atoms. The highest BCUT2D eigenvalue weighted by Crippen LogP contribution is 2.47. The third-order valence-corrected chi connectivity index (χ3v) is 5.39. The summed E-state index contributed by atoms with van der Waals surface area (Å²) in [7, 11) is 0. The summed E-state index contributed by atoms with van der Waals surface area (Å²) in [5.41, 5.74) is 4.31. The Morgan fingerprint density at radius 3 is 2.88 bits per heavy atom. The van der Waals surface area contributed by atoms with Crippen molar-refractivity contribution in [2.75, 3.05) is 10.6 Å². The summed E-state index contributed by atoms with van der Waals surface area (Å²) in [6, 6.07) is 7.14. The Morgan fingerprint density at radius 1 is 1.28 bits per heavy atom. The second-order valence-electron chi connectivity index (χ2n) is 6.82. The highest BCUT2D eigenvalue weighted by atomic mass is 16.4. The molecule has 3 heterocycles. The van der Waals surface area contributed by atoms with Crippen molar-refractivity contribution in [2.24, 2.45) is 0 Å². The van der Waals surface area contributed by atoms with Crippen molar-refractivity contribution >= 4 is 29.5 Å². The van der Waals surface area contributed by atoms with Crippen molar-refractivity contribution in [2.45, 2.75) is 24.3 Å². The summed E-state index contributed by atoms with van der Waals surface area (Å²) in [5, 5.41) is 15.1. The molecule has 0 saturated carbocycles. The number of rotatable bonds is 1. The quantitative estimate of drug-likeness (QED) is 0.742. The number of carbonyl (C=O) groups is 2. The van der Waals surface area contributed by atoms with Gasteiger partial charge in [0.05, 0.1) is 5.41 Å². The predicted molar refractivity (Wildman–Crippen MR) is 92.5 cm³/mol. The van der Waals surface area contributed by atoms with Gasteiger partial charge >= 0.3 is 5.97 Å². The first-order valence-corrected chi connectivity index (χ1v) is 8.17. The Kier molecular flexibility index (Phi) is 2.67. The molecule has 3 aliphatic rings. The molecule has 1 amide bonds. The van der Waals surface area contributed by atoms with E-state index in [0.29, 0.717) is 18.7 Å². The van der Waals surface area contributed by atoms with Crippen LogP contribution in [0.4, 0.5) is 11.5 Å². The number of amides is 1. The van der Waals surface area contributed by atoms with E-state index in [1.165, 1.54) is 0 Å². The molecule has 6 nitrogen and oxygen atoms in total. The zero-order valence-electron chi connectivity index (χ0n) is 13.2. The fourth-order valence-electron chi connectivity index (χ4n) is 4.16. The average Bonchev–Trinajstić information content (AvgIpc) is 3.10. The van der Waals surface area contributed by atoms with E-state index in [-0.39, 0.29) is 5.91 Å². The third kappa shape index (κ3) is 1.88. The molecular formula is C19H15N3O3. The topological polar surface area (TPSA) is 91.3 Å².